The molecule has 0 unspecified atom stereocenters. The molecule has 2 aromatic carbocycles. The molecule has 0 aliphatic heterocycles. The minimum absolute atomic E-state index is 0.422. The normalized spacial score (nSPS) is 10.2. The van der Waals surface area contributed by atoms with Crippen LogP contribution in [0.1, 0.15) is 0 Å². The Hall–Kier alpha value is -0.990. The summed E-state index contributed by atoms with van der Waals surface area (Å²) < 4.78 is 10.7. The molecule has 2 aromatic rings. The van der Waals surface area contributed by atoms with Crippen LogP contribution in [0.5, 0.6) is 0 Å². The first-order valence-electron chi connectivity index (χ1n) is 3.71. The highest BCUT2D eigenvalue weighted by molar-refractivity contribution is 7.65. The van der Waals surface area contributed by atoms with Crippen molar-refractivity contribution in [3.05, 3.63) is 41.4 Å². The predicted octanol–water partition coefficient (Wildman–Crippen LogP) is 3.08. The van der Waals surface area contributed by atoms with Crippen molar-refractivity contribution >= 4 is 34.0 Å². The van der Waals surface area contributed by atoms with Crippen LogP contribution >= 0.6 is 11.6 Å². The van der Waals surface area contributed by atoms with Gasteiger partial charge in [0, 0.05) is 4.21 Å². The van der Waals surface area contributed by atoms with Crippen LogP contribution in [-0.4, -0.2) is 0 Å². The van der Waals surface area contributed by atoms with E-state index in [1.165, 1.54) is 0 Å². The Bertz CT molecular complexity index is 467. The average molecular weight is 209 g/mol. The largest absolute Gasteiger partial charge is 0.506 e. The van der Waals surface area contributed by atoms with Gasteiger partial charge in [0.1, 0.15) is 0 Å². The van der Waals surface area contributed by atoms with Crippen molar-refractivity contribution in [3.8, 4) is 0 Å². The highest BCUT2D eigenvalue weighted by Gasteiger charge is 2.13. The molecule has 1 nitrogen and oxygen atoms in total. The summed E-state index contributed by atoms with van der Waals surface area (Å²) in [6.45, 7) is 0. The number of halogens is 1. The van der Waals surface area contributed by atoms with E-state index in [0.717, 1.165) is 10.8 Å². The smallest absolute Gasteiger partial charge is 0.0834 e. The zero-order chi connectivity index (χ0) is 9.26. The molecule has 0 atom stereocenters. The number of fused-ring (bicyclic) bond motifs is 1. The van der Waals surface area contributed by atoms with E-state index in [4.69, 9.17) is 11.6 Å². The van der Waals surface area contributed by atoms with Crippen LogP contribution < -0.4 is 0 Å². The quantitative estimate of drug-likeness (QED) is 0.659. The van der Waals surface area contributed by atoms with Gasteiger partial charge in [-0.15, -0.1) is 0 Å². The van der Waals surface area contributed by atoms with Gasteiger partial charge in [0.2, 0.25) is 0 Å². The molecule has 0 bridgehead atoms. The highest BCUT2D eigenvalue weighted by Crippen LogP contribution is 2.23. The zero-order valence-electron chi connectivity index (χ0n) is 6.58. The van der Waals surface area contributed by atoms with Gasteiger partial charge in [0.15, 0.2) is 0 Å². The van der Waals surface area contributed by atoms with Crippen LogP contribution in [0, 0.1) is 6.07 Å². The topological polar surface area (TPSA) is 17.1 Å². The summed E-state index contributed by atoms with van der Waals surface area (Å²) in [5, 5.41) is 2.37. The Morgan fingerprint density at radius 3 is 2.85 bits per heavy atom. The summed E-state index contributed by atoms with van der Waals surface area (Å²) in [6, 6.07) is 12.2. The molecule has 0 aromatic heterocycles. The maximum absolute atomic E-state index is 10.7. The molecule has 13 heavy (non-hydrogen) atoms. The summed E-state index contributed by atoms with van der Waals surface area (Å²) >= 11 is 6.22. The van der Waals surface area contributed by atoms with Crippen LogP contribution in [0.25, 0.3) is 10.8 Å². The number of hydrogen-bond acceptors (Lipinski definition) is 1. The minimum Gasteiger partial charge on any atom is -0.0834 e. The summed E-state index contributed by atoms with van der Waals surface area (Å²) in [4.78, 5) is 0.558. The van der Waals surface area contributed by atoms with Gasteiger partial charge < -0.3 is 0 Å². The molecule has 0 saturated carbocycles. The molecule has 1 radical (unpaired) electrons. The summed E-state index contributed by atoms with van der Waals surface area (Å²) in [5.74, 6) is 0. The number of hydrogen-bond donors (Lipinski definition) is 0. The predicted molar refractivity (Wildman–Crippen MR) is 54.1 cm³/mol. The molecule has 3 heteroatoms. The van der Waals surface area contributed by atoms with E-state index in [0.29, 0.717) is 21.6 Å². The number of rotatable bonds is 1. The van der Waals surface area contributed by atoms with Crippen molar-refractivity contribution in [1.82, 2.24) is 0 Å². The van der Waals surface area contributed by atoms with Crippen molar-refractivity contribution < 1.29 is 4.21 Å². The van der Waals surface area contributed by atoms with E-state index in [1.54, 1.807) is 6.07 Å². The van der Waals surface area contributed by atoms with Gasteiger partial charge in [0.25, 0.3) is 0 Å². The average Bonchev–Trinajstić information content (AvgIpc) is 2.16. The maximum Gasteiger partial charge on any atom is 0.506 e. The molecule has 0 amide bonds. The molecule has 0 N–H and O–H groups in total. The van der Waals surface area contributed by atoms with Crippen molar-refractivity contribution in [1.29, 1.82) is 0 Å². The third-order valence-electron chi connectivity index (χ3n) is 1.80. The Kier molecular flexibility index (Phi) is 2.25. The monoisotopic (exact) mass is 208 g/mol. The maximum atomic E-state index is 10.7. The third-order valence-corrected chi connectivity index (χ3v) is 2.50. The van der Waals surface area contributed by atoms with Gasteiger partial charge in [-0.2, -0.15) is 0 Å². The van der Waals surface area contributed by atoms with Crippen molar-refractivity contribution in [2.24, 2.45) is 0 Å². The fraction of sp³-hybridized carbons (Fsp3) is 0. The van der Waals surface area contributed by atoms with E-state index in [2.05, 4.69) is 6.07 Å². The summed E-state index contributed by atoms with van der Waals surface area (Å²) in [6.07, 6.45) is 0. The Morgan fingerprint density at radius 1 is 1.31 bits per heavy atom. The van der Waals surface area contributed by atoms with Gasteiger partial charge in [-0.25, -0.2) is 0 Å². The molecular formula is C10H5ClOS+. The molecule has 0 saturated heterocycles. The minimum atomic E-state index is 0.422. The Labute approximate surface area is 84.8 Å². The molecule has 0 fully saturated rings. The van der Waals surface area contributed by atoms with Crippen LogP contribution in [0.15, 0.2) is 35.2 Å². The van der Waals surface area contributed by atoms with Crippen LogP contribution in [-0.2, 0) is 15.9 Å². The van der Waals surface area contributed by atoms with E-state index < -0.39 is 0 Å². The van der Waals surface area contributed by atoms with Gasteiger partial charge in [-0.05, 0) is 17.5 Å². The molecule has 0 heterocycles. The molecule has 2 rings (SSSR count). The molecule has 0 aliphatic carbocycles. The van der Waals surface area contributed by atoms with Crippen molar-refractivity contribution in [2.45, 2.75) is 4.90 Å². The second kappa shape index (κ2) is 3.40. The first kappa shape index (κ1) is 8.60. The van der Waals surface area contributed by atoms with E-state index >= 15 is 0 Å². The van der Waals surface area contributed by atoms with Gasteiger partial charge in [0.05, 0.1) is 16.5 Å². The van der Waals surface area contributed by atoms with Gasteiger partial charge >= 0.3 is 16.6 Å². The van der Waals surface area contributed by atoms with Gasteiger partial charge in [-0.3, -0.25) is 0 Å². The first-order chi connectivity index (χ1) is 6.31. The van der Waals surface area contributed by atoms with Crippen LogP contribution in [0.3, 0.4) is 0 Å². The molecule has 0 spiro atoms. The van der Waals surface area contributed by atoms with Crippen LogP contribution in [0.4, 0.5) is 0 Å². The lowest BCUT2D eigenvalue weighted by molar-refractivity contribution is 0.605. The second-order valence-corrected chi connectivity index (χ2v) is 3.60. The lowest BCUT2D eigenvalue weighted by Gasteiger charge is -1.94. The van der Waals surface area contributed by atoms with Crippen molar-refractivity contribution in [2.75, 3.05) is 0 Å². The lowest BCUT2D eigenvalue weighted by Crippen LogP contribution is -1.79. The zero-order valence-corrected chi connectivity index (χ0v) is 8.15. The van der Waals surface area contributed by atoms with E-state index in [1.807, 2.05) is 24.3 Å². The summed E-state index contributed by atoms with van der Waals surface area (Å²) in [7, 11) is 0. The standard InChI is InChI=1S/C10H5ClOS/c11-8-5-7-3-1-2-4-9(7)10(6-8)13-12/h1-5H/q+1. The summed E-state index contributed by atoms with van der Waals surface area (Å²) in [5.41, 5.74) is 0. The fourth-order valence-corrected chi connectivity index (χ4v) is 1.94. The molecule has 63 valence electrons. The van der Waals surface area contributed by atoms with Crippen LogP contribution in [0.2, 0.25) is 5.02 Å². The third kappa shape index (κ3) is 1.55. The van der Waals surface area contributed by atoms with E-state index in [9.17, 15) is 4.21 Å². The first-order valence-corrected chi connectivity index (χ1v) is 4.83. The van der Waals surface area contributed by atoms with Crippen molar-refractivity contribution in [3.63, 3.8) is 0 Å². The SMILES string of the molecule is O=[S+]c1[c]c(Cl)cc2ccccc12. The number of benzene rings is 2. The Morgan fingerprint density at radius 2 is 2.08 bits per heavy atom. The second-order valence-electron chi connectivity index (χ2n) is 2.62. The Balaban J connectivity index is 2.89. The highest BCUT2D eigenvalue weighted by atomic mass is 35.5. The van der Waals surface area contributed by atoms with E-state index in [-0.39, 0.29) is 0 Å². The lowest BCUT2D eigenvalue weighted by atomic mass is 10.1. The van der Waals surface area contributed by atoms with Gasteiger partial charge in [-0.1, -0.05) is 29.8 Å². The molecular weight excluding hydrogens is 204 g/mol. The molecule has 0 aliphatic rings. The fourth-order valence-electron chi connectivity index (χ4n) is 1.24.